The number of anilines is 2. The molecular formula is C30H25ClN4O4. The molecule has 0 fully saturated rings. The molecule has 0 spiro atoms. The van der Waals surface area contributed by atoms with Crippen molar-refractivity contribution in [2.45, 2.75) is 12.8 Å². The molecule has 2 N–H and O–H groups in total. The number of hydrogen-bond acceptors (Lipinski definition) is 5. The molecule has 1 aliphatic heterocycles. The summed E-state index contributed by atoms with van der Waals surface area (Å²) in [6, 6.07) is 17.4. The Kier molecular flexibility index (Phi) is 6.12. The van der Waals surface area contributed by atoms with Crippen molar-refractivity contribution in [3.63, 3.8) is 0 Å². The van der Waals surface area contributed by atoms with E-state index in [4.69, 9.17) is 16.3 Å². The molecule has 2 amide bonds. The van der Waals surface area contributed by atoms with E-state index in [0.29, 0.717) is 35.1 Å². The molecule has 3 heterocycles. The van der Waals surface area contributed by atoms with Gasteiger partial charge in [0.1, 0.15) is 22.8 Å². The summed E-state index contributed by atoms with van der Waals surface area (Å²) in [4.78, 5) is 32.7. The zero-order valence-electron chi connectivity index (χ0n) is 21.3. The van der Waals surface area contributed by atoms with Gasteiger partial charge in [-0.1, -0.05) is 18.2 Å². The largest absolute Gasteiger partial charge is 0.508 e. The first-order valence-electron chi connectivity index (χ1n) is 12.4. The lowest BCUT2D eigenvalue weighted by molar-refractivity contribution is 0.0982. The summed E-state index contributed by atoms with van der Waals surface area (Å²) in [6.07, 6.45) is 3.36. The summed E-state index contributed by atoms with van der Waals surface area (Å²) in [5.74, 6) is 0.578. The first-order chi connectivity index (χ1) is 18.9. The van der Waals surface area contributed by atoms with E-state index in [1.165, 1.54) is 12.1 Å². The Balaban J connectivity index is 1.34. The van der Waals surface area contributed by atoms with Crippen molar-refractivity contribution in [3.8, 4) is 11.5 Å². The number of alkyl halides is 1. The maximum absolute atomic E-state index is 13.8. The predicted molar refractivity (Wildman–Crippen MR) is 152 cm³/mol. The van der Waals surface area contributed by atoms with Gasteiger partial charge < -0.3 is 24.5 Å². The zero-order valence-corrected chi connectivity index (χ0v) is 22.1. The lowest BCUT2D eigenvalue weighted by Gasteiger charge is -2.18. The highest BCUT2D eigenvalue weighted by atomic mass is 35.5. The average Bonchev–Trinajstić information content (AvgIpc) is 3.53. The first kappa shape index (κ1) is 24.8. The summed E-state index contributed by atoms with van der Waals surface area (Å²) in [5.41, 5.74) is 4.73. The van der Waals surface area contributed by atoms with Gasteiger partial charge in [-0.05, 0) is 59.8 Å². The summed E-state index contributed by atoms with van der Waals surface area (Å²) in [7, 11) is 1.63. The van der Waals surface area contributed by atoms with Crippen LogP contribution in [0.4, 0.5) is 11.4 Å². The minimum atomic E-state index is -0.317. The van der Waals surface area contributed by atoms with Crippen molar-refractivity contribution >= 4 is 51.2 Å². The molecule has 9 heteroatoms. The highest BCUT2D eigenvalue weighted by Crippen LogP contribution is 2.46. The number of ether oxygens (including phenoxy) is 1. The molecule has 1 unspecified atom stereocenters. The quantitative estimate of drug-likeness (QED) is 0.277. The summed E-state index contributed by atoms with van der Waals surface area (Å²) >= 11 is 6.42. The topological polar surface area (TPSA) is 96.2 Å². The van der Waals surface area contributed by atoms with Crippen LogP contribution in [0.1, 0.15) is 37.9 Å². The number of aromatic hydroxyl groups is 1. The molecule has 0 saturated heterocycles. The highest BCUT2D eigenvalue weighted by molar-refractivity contribution is 6.19. The summed E-state index contributed by atoms with van der Waals surface area (Å²) in [6.45, 7) is 2.49. The van der Waals surface area contributed by atoms with Crippen LogP contribution in [0, 0.1) is 6.92 Å². The number of aromatic nitrogens is 2. The number of aryl methyl sites for hydroxylation is 1. The third kappa shape index (κ3) is 4.23. The maximum Gasteiger partial charge on any atom is 0.278 e. The lowest BCUT2D eigenvalue weighted by atomic mass is 9.92. The fourth-order valence-corrected chi connectivity index (χ4v) is 5.55. The fourth-order valence-electron chi connectivity index (χ4n) is 5.30. The van der Waals surface area contributed by atoms with Gasteiger partial charge in [0.05, 0.1) is 18.5 Å². The summed E-state index contributed by atoms with van der Waals surface area (Å²) in [5, 5.41) is 14.3. The van der Waals surface area contributed by atoms with Crippen LogP contribution in [-0.4, -0.2) is 45.8 Å². The van der Waals surface area contributed by atoms with E-state index >= 15 is 0 Å². The van der Waals surface area contributed by atoms with Crippen LogP contribution in [-0.2, 0) is 0 Å². The molecule has 0 bridgehead atoms. The molecule has 5 aromatic rings. The van der Waals surface area contributed by atoms with E-state index in [2.05, 4.69) is 23.3 Å². The number of phenols is 1. The number of benzene rings is 3. The molecule has 8 nitrogen and oxygen atoms in total. The molecule has 2 aromatic heterocycles. The SMILES string of the molecule is COc1cc2c(c3c(C)cccc13)C(CCl)CN2C(=O)c1cn2cc(NC(=O)c3ccc(O)cc3)ccc2n1. The van der Waals surface area contributed by atoms with Crippen molar-refractivity contribution in [1.82, 2.24) is 9.38 Å². The zero-order chi connectivity index (χ0) is 27.3. The number of methoxy groups -OCH3 is 1. The van der Waals surface area contributed by atoms with Gasteiger partial charge in [0.15, 0.2) is 0 Å². The Hall–Kier alpha value is -4.56. The van der Waals surface area contributed by atoms with Crippen LogP contribution in [0.15, 0.2) is 73.1 Å². The second-order valence-electron chi connectivity index (χ2n) is 9.59. The molecule has 0 aliphatic carbocycles. The number of halogens is 1. The number of carbonyl (C=O) groups is 2. The molecule has 3 aromatic carbocycles. The second-order valence-corrected chi connectivity index (χ2v) is 9.90. The number of carbonyl (C=O) groups excluding carboxylic acids is 2. The smallest absolute Gasteiger partial charge is 0.278 e. The normalized spacial score (nSPS) is 14.5. The average molecular weight is 541 g/mol. The van der Waals surface area contributed by atoms with Crippen molar-refractivity contribution in [2.24, 2.45) is 0 Å². The van der Waals surface area contributed by atoms with Crippen molar-refractivity contribution in [2.75, 3.05) is 29.8 Å². The first-order valence-corrected chi connectivity index (χ1v) is 13.0. The maximum atomic E-state index is 13.8. The number of amides is 2. The van der Waals surface area contributed by atoms with E-state index in [1.807, 2.05) is 18.2 Å². The van der Waals surface area contributed by atoms with Crippen LogP contribution in [0.3, 0.4) is 0 Å². The Bertz CT molecular complexity index is 1760. The fraction of sp³-hybridized carbons (Fsp3) is 0.167. The molecule has 0 radical (unpaired) electrons. The van der Waals surface area contributed by atoms with E-state index < -0.39 is 0 Å². The summed E-state index contributed by atoms with van der Waals surface area (Å²) < 4.78 is 7.41. The Morgan fingerprint density at radius 2 is 1.92 bits per heavy atom. The van der Waals surface area contributed by atoms with Gasteiger partial charge >= 0.3 is 0 Å². The van der Waals surface area contributed by atoms with Crippen LogP contribution in [0.5, 0.6) is 11.5 Å². The van der Waals surface area contributed by atoms with Crippen molar-refractivity contribution < 1.29 is 19.4 Å². The molecule has 1 atom stereocenters. The highest BCUT2D eigenvalue weighted by Gasteiger charge is 2.36. The number of pyridine rings is 1. The van der Waals surface area contributed by atoms with Gasteiger partial charge in [-0.2, -0.15) is 0 Å². The Morgan fingerprint density at radius 3 is 2.67 bits per heavy atom. The number of fused-ring (bicyclic) bond motifs is 4. The molecule has 39 heavy (non-hydrogen) atoms. The number of imidazole rings is 1. The molecule has 0 saturated carbocycles. The third-order valence-electron chi connectivity index (χ3n) is 7.16. The van der Waals surface area contributed by atoms with Gasteiger partial charge in [0.2, 0.25) is 0 Å². The Labute approximate surface area is 229 Å². The number of nitrogens with zero attached hydrogens (tertiary/aromatic N) is 3. The molecular weight excluding hydrogens is 516 g/mol. The molecule has 196 valence electrons. The standard InChI is InChI=1S/C30H25ClN4O4/c1-17-4-3-5-22-25(39-2)12-24-28(27(17)22)19(13-31)14-35(24)30(38)23-16-34-15-20(8-11-26(34)33-23)32-29(37)18-6-9-21(36)10-7-18/h3-12,15-16,19,36H,13-14H2,1-2H3,(H,32,37). The van der Waals surface area contributed by atoms with E-state index in [9.17, 15) is 14.7 Å². The van der Waals surface area contributed by atoms with Crippen molar-refractivity contribution in [3.05, 3.63) is 95.4 Å². The third-order valence-corrected chi connectivity index (χ3v) is 7.53. The number of phenolic OH excluding ortho intramolecular Hbond substituents is 1. The van der Waals surface area contributed by atoms with Crippen LogP contribution < -0.4 is 15.0 Å². The van der Waals surface area contributed by atoms with Gasteiger partial charge in [-0.25, -0.2) is 4.98 Å². The predicted octanol–water partition coefficient (Wildman–Crippen LogP) is 5.75. The van der Waals surface area contributed by atoms with Gasteiger partial charge in [0.25, 0.3) is 11.8 Å². The number of nitrogens with one attached hydrogen (secondary N) is 1. The monoisotopic (exact) mass is 540 g/mol. The van der Waals surface area contributed by atoms with E-state index in [-0.39, 0.29) is 29.2 Å². The molecule has 1 aliphatic rings. The molecule has 6 rings (SSSR count). The number of hydrogen-bond donors (Lipinski definition) is 2. The van der Waals surface area contributed by atoms with E-state index in [1.54, 1.807) is 53.1 Å². The van der Waals surface area contributed by atoms with Crippen molar-refractivity contribution in [1.29, 1.82) is 0 Å². The lowest BCUT2D eigenvalue weighted by Crippen LogP contribution is -2.30. The van der Waals surface area contributed by atoms with Gasteiger partial charge in [-0.15, -0.1) is 11.6 Å². The second kappa shape index (κ2) is 9.63. The van der Waals surface area contributed by atoms with Crippen LogP contribution >= 0.6 is 11.6 Å². The van der Waals surface area contributed by atoms with E-state index in [0.717, 1.165) is 27.6 Å². The minimum absolute atomic E-state index is 0.0288. The van der Waals surface area contributed by atoms with Gasteiger partial charge in [-0.3, -0.25) is 9.59 Å². The Morgan fingerprint density at radius 1 is 1.13 bits per heavy atom. The number of rotatable bonds is 5. The van der Waals surface area contributed by atoms with Crippen LogP contribution in [0.25, 0.3) is 16.4 Å². The minimum Gasteiger partial charge on any atom is -0.508 e. The van der Waals surface area contributed by atoms with Gasteiger partial charge in [0, 0.05) is 47.8 Å². The van der Waals surface area contributed by atoms with Crippen LogP contribution in [0.2, 0.25) is 0 Å².